The van der Waals surface area contributed by atoms with Gasteiger partial charge in [-0.15, -0.1) is 0 Å². The minimum Gasteiger partial charge on any atom is -0.336 e. The Bertz CT molecular complexity index is 690. The molecule has 3 nitrogen and oxygen atoms in total. The average molecular weight is 340 g/mol. The van der Waals surface area contributed by atoms with Gasteiger partial charge in [0.05, 0.1) is 0 Å². The molecule has 1 amide bonds. The predicted molar refractivity (Wildman–Crippen MR) is 98.1 cm³/mol. The smallest absolute Gasteiger partial charge is 0.253 e. The second kappa shape index (κ2) is 7.79. The van der Waals surface area contributed by atoms with Gasteiger partial charge in [0.1, 0.15) is 5.82 Å². The quantitative estimate of drug-likeness (QED) is 0.849. The fraction of sp³-hybridized carbons (Fsp3) is 0.381. The van der Waals surface area contributed by atoms with Crippen LogP contribution in [-0.2, 0) is 6.42 Å². The van der Waals surface area contributed by atoms with Crippen molar-refractivity contribution in [2.45, 2.75) is 32.4 Å². The number of hydrogen-bond acceptors (Lipinski definition) is 2. The van der Waals surface area contributed by atoms with Gasteiger partial charge in [-0.1, -0.05) is 30.3 Å². The Balaban J connectivity index is 1.61. The summed E-state index contributed by atoms with van der Waals surface area (Å²) in [5.74, 6) is -0.328. The molecular weight excluding hydrogens is 315 g/mol. The van der Waals surface area contributed by atoms with Crippen LogP contribution in [0.15, 0.2) is 54.6 Å². The van der Waals surface area contributed by atoms with Gasteiger partial charge in [0.2, 0.25) is 0 Å². The molecule has 2 aromatic carbocycles. The van der Waals surface area contributed by atoms with Crippen LogP contribution in [-0.4, -0.2) is 47.4 Å². The standard InChI is InChI=1S/C21H25FN2O/c1-16-14-23(21(25)19-8-10-20(22)11-9-19)15-17(2)24(16)13-12-18-6-4-3-5-7-18/h3-11,16-17H,12-15H2,1-2H3. The molecule has 2 unspecified atom stereocenters. The molecule has 2 aromatic rings. The Kier molecular flexibility index (Phi) is 5.49. The van der Waals surface area contributed by atoms with Crippen molar-refractivity contribution in [3.05, 3.63) is 71.5 Å². The number of carbonyl (C=O) groups is 1. The number of hydrogen-bond donors (Lipinski definition) is 0. The second-order valence-electron chi connectivity index (χ2n) is 6.89. The third-order valence-corrected chi connectivity index (χ3v) is 4.98. The minimum atomic E-state index is -0.316. The van der Waals surface area contributed by atoms with Crippen LogP contribution in [0.4, 0.5) is 4.39 Å². The number of piperazine rings is 1. The van der Waals surface area contributed by atoms with Crippen molar-refractivity contribution in [3.8, 4) is 0 Å². The van der Waals surface area contributed by atoms with E-state index in [9.17, 15) is 9.18 Å². The van der Waals surface area contributed by atoms with Crippen molar-refractivity contribution in [2.24, 2.45) is 0 Å². The van der Waals surface area contributed by atoms with Crippen LogP contribution in [0.1, 0.15) is 29.8 Å². The van der Waals surface area contributed by atoms with Crippen molar-refractivity contribution in [1.29, 1.82) is 0 Å². The van der Waals surface area contributed by atoms with E-state index >= 15 is 0 Å². The Labute approximate surface area is 149 Å². The van der Waals surface area contributed by atoms with Gasteiger partial charge in [-0.2, -0.15) is 0 Å². The Hall–Kier alpha value is -2.20. The third kappa shape index (κ3) is 4.26. The summed E-state index contributed by atoms with van der Waals surface area (Å²) in [6.07, 6.45) is 1.02. The van der Waals surface area contributed by atoms with E-state index in [-0.39, 0.29) is 11.7 Å². The zero-order valence-electron chi connectivity index (χ0n) is 14.9. The van der Waals surface area contributed by atoms with Gasteiger partial charge < -0.3 is 4.90 Å². The van der Waals surface area contributed by atoms with Crippen LogP contribution in [0.5, 0.6) is 0 Å². The summed E-state index contributed by atoms with van der Waals surface area (Å²) in [6.45, 7) is 6.74. The van der Waals surface area contributed by atoms with Crippen LogP contribution < -0.4 is 0 Å². The molecule has 1 heterocycles. The van der Waals surface area contributed by atoms with Crippen molar-refractivity contribution in [3.63, 3.8) is 0 Å². The zero-order chi connectivity index (χ0) is 17.8. The van der Waals surface area contributed by atoms with Crippen molar-refractivity contribution >= 4 is 5.91 Å². The molecular formula is C21H25FN2O. The molecule has 1 aliphatic rings. The Morgan fingerprint density at radius 1 is 1.00 bits per heavy atom. The highest BCUT2D eigenvalue weighted by Crippen LogP contribution is 2.19. The van der Waals surface area contributed by atoms with Crippen LogP contribution >= 0.6 is 0 Å². The van der Waals surface area contributed by atoms with Crippen molar-refractivity contribution in [1.82, 2.24) is 9.80 Å². The van der Waals surface area contributed by atoms with Gasteiger partial charge in [0.25, 0.3) is 5.91 Å². The molecule has 0 spiro atoms. The molecule has 0 aliphatic carbocycles. The summed E-state index contributed by atoms with van der Waals surface area (Å²) >= 11 is 0. The first-order valence-corrected chi connectivity index (χ1v) is 8.89. The van der Waals surface area contributed by atoms with Crippen molar-refractivity contribution < 1.29 is 9.18 Å². The molecule has 25 heavy (non-hydrogen) atoms. The predicted octanol–water partition coefficient (Wildman–Crippen LogP) is 3.60. The number of rotatable bonds is 4. The van der Waals surface area contributed by atoms with Crippen LogP contribution in [0.3, 0.4) is 0 Å². The first-order chi connectivity index (χ1) is 12.0. The largest absolute Gasteiger partial charge is 0.336 e. The van der Waals surface area contributed by atoms with Crippen LogP contribution in [0.2, 0.25) is 0 Å². The maximum Gasteiger partial charge on any atom is 0.253 e. The van der Waals surface area contributed by atoms with E-state index in [0.717, 1.165) is 13.0 Å². The Morgan fingerprint density at radius 3 is 2.20 bits per heavy atom. The molecule has 0 saturated carbocycles. The maximum atomic E-state index is 13.1. The summed E-state index contributed by atoms with van der Waals surface area (Å²) in [4.78, 5) is 17.0. The van der Waals surface area contributed by atoms with E-state index in [0.29, 0.717) is 30.7 Å². The van der Waals surface area contributed by atoms with E-state index < -0.39 is 0 Å². The number of halogens is 1. The number of amides is 1. The fourth-order valence-electron chi connectivity index (χ4n) is 3.64. The number of benzene rings is 2. The Morgan fingerprint density at radius 2 is 1.60 bits per heavy atom. The third-order valence-electron chi connectivity index (χ3n) is 4.98. The molecule has 3 rings (SSSR count). The van der Waals surface area contributed by atoms with Gasteiger partial charge in [0.15, 0.2) is 0 Å². The normalized spacial score (nSPS) is 21.3. The molecule has 1 saturated heterocycles. The zero-order valence-corrected chi connectivity index (χ0v) is 14.9. The second-order valence-corrected chi connectivity index (χ2v) is 6.89. The van der Waals surface area contributed by atoms with Crippen LogP contribution in [0, 0.1) is 5.82 Å². The highest BCUT2D eigenvalue weighted by Gasteiger charge is 2.31. The lowest BCUT2D eigenvalue weighted by atomic mass is 10.0. The molecule has 1 aliphatic heterocycles. The van der Waals surface area contributed by atoms with Gasteiger partial charge in [-0.25, -0.2) is 4.39 Å². The minimum absolute atomic E-state index is 0.0126. The SMILES string of the molecule is CC1CN(C(=O)c2ccc(F)cc2)CC(C)N1CCc1ccccc1. The van der Waals surface area contributed by atoms with E-state index in [1.54, 1.807) is 12.1 Å². The average Bonchev–Trinajstić information content (AvgIpc) is 2.62. The summed E-state index contributed by atoms with van der Waals surface area (Å²) in [7, 11) is 0. The van der Waals surface area contributed by atoms with Gasteiger partial charge >= 0.3 is 0 Å². The molecule has 132 valence electrons. The molecule has 4 heteroatoms. The lowest BCUT2D eigenvalue weighted by molar-refractivity contribution is 0.0311. The summed E-state index contributed by atoms with van der Waals surface area (Å²) < 4.78 is 13.1. The summed E-state index contributed by atoms with van der Waals surface area (Å²) in [5, 5.41) is 0. The molecule has 0 bridgehead atoms. The monoisotopic (exact) mass is 340 g/mol. The molecule has 0 aromatic heterocycles. The highest BCUT2D eigenvalue weighted by molar-refractivity contribution is 5.94. The molecule has 2 atom stereocenters. The van der Waals surface area contributed by atoms with Gasteiger partial charge in [-0.3, -0.25) is 9.69 Å². The molecule has 0 N–H and O–H groups in total. The first kappa shape index (κ1) is 17.6. The fourth-order valence-corrected chi connectivity index (χ4v) is 3.64. The van der Waals surface area contributed by atoms with Gasteiger partial charge in [-0.05, 0) is 50.1 Å². The summed E-state index contributed by atoms with van der Waals surface area (Å²) in [6, 6.07) is 16.9. The van der Waals surface area contributed by atoms with Crippen LogP contribution in [0.25, 0.3) is 0 Å². The van der Waals surface area contributed by atoms with E-state index in [1.165, 1.54) is 17.7 Å². The lowest BCUT2D eigenvalue weighted by Crippen LogP contribution is -2.58. The lowest BCUT2D eigenvalue weighted by Gasteiger charge is -2.44. The topological polar surface area (TPSA) is 23.6 Å². The number of carbonyl (C=O) groups excluding carboxylic acids is 1. The first-order valence-electron chi connectivity index (χ1n) is 8.89. The maximum absolute atomic E-state index is 13.1. The van der Waals surface area contributed by atoms with Crippen molar-refractivity contribution in [2.75, 3.05) is 19.6 Å². The highest BCUT2D eigenvalue weighted by atomic mass is 19.1. The number of nitrogens with zero attached hydrogens (tertiary/aromatic N) is 2. The molecule has 1 fully saturated rings. The summed E-state index contributed by atoms with van der Waals surface area (Å²) in [5.41, 5.74) is 1.89. The van der Waals surface area contributed by atoms with E-state index in [2.05, 4.69) is 43.0 Å². The van der Waals surface area contributed by atoms with E-state index in [1.807, 2.05) is 11.0 Å². The van der Waals surface area contributed by atoms with E-state index in [4.69, 9.17) is 0 Å². The van der Waals surface area contributed by atoms with Gasteiger partial charge in [0, 0.05) is 37.3 Å². The molecule has 0 radical (unpaired) electrons.